The fraction of sp³-hybridized carbons (Fsp3) is 0.150. The van der Waals surface area contributed by atoms with Crippen LogP contribution in [0.3, 0.4) is 0 Å². The summed E-state index contributed by atoms with van der Waals surface area (Å²) < 4.78 is 13.7. The Bertz CT molecular complexity index is 1230. The number of ether oxygens (including phenoxy) is 2. The molecule has 5 rings (SSSR count). The van der Waals surface area contributed by atoms with Crippen molar-refractivity contribution in [3.05, 3.63) is 53.7 Å². The first-order chi connectivity index (χ1) is 13.6. The SMILES string of the molecule is COc1ccc2nc(NC(=O)c3nn(C)c4c3COc3ccccc3-4)sc2c1. The van der Waals surface area contributed by atoms with Gasteiger partial charge in [-0.15, -0.1) is 0 Å². The molecule has 3 heterocycles. The monoisotopic (exact) mass is 392 g/mol. The highest BCUT2D eigenvalue weighted by Crippen LogP contribution is 2.38. The van der Waals surface area contributed by atoms with Crippen molar-refractivity contribution in [3.8, 4) is 22.8 Å². The van der Waals surface area contributed by atoms with Gasteiger partial charge in [-0.3, -0.25) is 14.8 Å². The van der Waals surface area contributed by atoms with Crippen molar-refractivity contribution in [2.24, 2.45) is 7.05 Å². The maximum Gasteiger partial charge on any atom is 0.278 e. The molecule has 1 amide bonds. The third-order valence-electron chi connectivity index (χ3n) is 4.69. The first kappa shape index (κ1) is 16.8. The molecule has 4 aromatic rings. The van der Waals surface area contributed by atoms with Gasteiger partial charge < -0.3 is 9.47 Å². The van der Waals surface area contributed by atoms with Crippen LogP contribution in [0.4, 0.5) is 5.13 Å². The van der Waals surface area contributed by atoms with Crippen LogP contribution in [-0.4, -0.2) is 27.8 Å². The van der Waals surface area contributed by atoms with Crippen LogP contribution in [0.15, 0.2) is 42.5 Å². The van der Waals surface area contributed by atoms with Gasteiger partial charge >= 0.3 is 0 Å². The van der Waals surface area contributed by atoms with E-state index in [1.807, 2.05) is 49.5 Å². The lowest BCUT2D eigenvalue weighted by Gasteiger charge is -2.18. The smallest absolute Gasteiger partial charge is 0.278 e. The zero-order valence-electron chi connectivity index (χ0n) is 15.2. The lowest BCUT2D eigenvalue weighted by molar-refractivity contribution is 0.101. The molecule has 0 saturated heterocycles. The highest BCUT2D eigenvalue weighted by molar-refractivity contribution is 7.22. The van der Waals surface area contributed by atoms with Gasteiger partial charge in [-0.05, 0) is 30.3 Å². The van der Waals surface area contributed by atoms with Crippen molar-refractivity contribution in [2.45, 2.75) is 6.61 Å². The first-order valence-corrected chi connectivity index (χ1v) is 9.49. The Morgan fingerprint density at radius 2 is 2.14 bits per heavy atom. The zero-order valence-corrected chi connectivity index (χ0v) is 16.0. The van der Waals surface area contributed by atoms with Gasteiger partial charge in [0, 0.05) is 18.2 Å². The molecule has 7 nitrogen and oxygen atoms in total. The molecule has 1 N–H and O–H groups in total. The Kier molecular flexibility index (Phi) is 3.80. The molecule has 0 spiro atoms. The number of nitrogens with one attached hydrogen (secondary N) is 1. The van der Waals surface area contributed by atoms with Crippen LogP contribution >= 0.6 is 11.3 Å². The molecule has 0 aliphatic carbocycles. The maximum atomic E-state index is 12.9. The first-order valence-electron chi connectivity index (χ1n) is 8.68. The number of amides is 1. The number of benzene rings is 2. The summed E-state index contributed by atoms with van der Waals surface area (Å²) in [7, 11) is 3.46. The van der Waals surface area contributed by atoms with E-state index in [1.54, 1.807) is 11.8 Å². The van der Waals surface area contributed by atoms with Crippen LogP contribution in [0.1, 0.15) is 16.1 Å². The second-order valence-electron chi connectivity index (χ2n) is 6.39. The minimum atomic E-state index is -0.300. The van der Waals surface area contributed by atoms with Crippen LogP contribution in [0, 0.1) is 0 Å². The lowest BCUT2D eigenvalue weighted by Crippen LogP contribution is -2.16. The molecule has 140 valence electrons. The van der Waals surface area contributed by atoms with Crippen LogP contribution in [0.5, 0.6) is 11.5 Å². The minimum Gasteiger partial charge on any atom is -0.497 e. The van der Waals surface area contributed by atoms with Gasteiger partial charge in [0.2, 0.25) is 0 Å². The number of thiazole rings is 1. The minimum absolute atomic E-state index is 0.300. The third-order valence-corrected chi connectivity index (χ3v) is 5.62. The third kappa shape index (κ3) is 2.61. The second-order valence-corrected chi connectivity index (χ2v) is 7.42. The number of carbonyl (C=O) groups excluding carboxylic acids is 1. The van der Waals surface area contributed by atoms with E-state index in [2.05, 4.69) is 15.4 Å². The molecule has 1 aliphatic rings. The number of carbonyl (C=O) groups is 1. The molecule has 8 heteroatoms. The lowest BCUT2D eigenvalue weighted by atomic mass is 10.0. The van der Waals surface area contributed by atoms with Gasteiger partial charge in [0.1, 0.15) is 18.1 Å². The van der Waals surface area contributed by atoms with E-state index in [1.165, 1.54) is 11.3 Å². The van der Waals surface area contributed by atoms with Crippen LogP contribution < -0.4 is 14.8 Å². The van der Waals surface area contributed by atoms with E-state index in [0.29, 0.717) is 17.4 Å². The second kappa shape index (κ2) is 6.35. The number of rotatable bonds is 3. The largest absolute Gasteiger partial charge is 0.497 e. The Hall–Kier alpha value is -3.39. The average Bonchev–Trinajstić information content (AvgIpc) is 3.27. The van der Waals surface area contributed by atoms with E-state index in [0.717, 1.165) is 38.5 Å². The standard InChI is InChI=1S/C20H16N4O3S/c1-24-18-12-5-3-4-6-15(12)27-10-13(18)17(23-24)19(25)22-20-21-14-8-7-11(26-2)9-16(14)28-20/h3-9H,10H2,1-2H3,(H,21,22,25). The Labute approximate surface area is 164 Å². The summed E-state index contributed by atoms with van der Waals surface area (Å²) in [5.74, 6) is 1.25. The molecule has 28 heavy (non-hydrogen) atoms. The quantitative estimate of drug-likeness (QED) is 0.573. The van der Waals surface area contributed by atoms with Gasteiger partial charge in [-0.25, -0.2) is 4.98 Å². The molecule has 1 aliphatic heterocycles. The van der Waals surface area contributed by atoms with Gasteiger partial charge in [-0.1, -0.05) is 23.5 Å². The summed E-state index contributed by atoms with van der Waals surface area (Å²) in [5.41, 5.74) is 3.78. The molecule has 0 unspecified atom stereocenters. The fourth-order valence-corrected chi connectivity index (χ4v) is 4.29. The number of hydrogen-bond donors (Lipinski definition) is 1. The van der Waals surface area contributed by atoms with Crippen molar-refractivity contribution in [3.63, 3.8) is 0 Å². The van der Waals surface area contributed by atoms with Gasteiger partial charge in [-0.2, -0.15) is 5.10 Å². The number of aryl methyl sites for hydroxylation is 1. The van der Waals surface area contributed by atoms with E-state index in [-0.39, 0.29) is 5.91 Å². The highest BCUT2D eigenvalue weighted by atomic mass is 32.1. The number of nitrogens with zero attached hydrogens (tertiary/aromatic N) is 3. The van der Waals surface area contributed by atoms with E-state index >= 15 is 0 Å². The predicted octanol–water partition coefficient (Wildman–Crippen LogP) is 3.85. The fourth-order valence-electron chi connectivity index (χ4n) is 3.40. The van der Waals surface area contributed by atoms with Crippen molar-refractivity contribution >= 4 is 32.6 Å². The number of methoxy groups -OCH3 is 1. The maximum absolute atomic E-state index is 12.9. The number of anilines is 1. The summed E-state index contributed by atoms with van der Waals surface area (Å²) in [4.78, 5) is 17.4. The molecule has 0 saturated carbocycles. The summed E-state index contributed by atoms with van der Waals surface area (Å²) in [6, 6.07) is 13.4. The van der Waals surface area contributed by atoms with E-state index in [9.17, 15) is 4.79 Å². The number of para-hydroxylation sites is 1. The van der Waals surface area contributed by atoms with E-state index in [4.69, 9.17) is 9.47 Å². The van der Waals surface area contributed by atoms with Gasteiger partial charge in [0.25, 0.3) is 5.91 Å². The van der Waals surface area contributed by atoms with Gasteiger partial charge in [0.05, 0.1) is 23.0 Å². The normalized spacial score (nSPS) is 12.2. The number of hydrogen-bond acceptors (Lipinski definition) is 6. The van der Waals surface area contributed by atoms with Crippen molar-refractivity contribution in [1.29, 1.82) is 0 Å². The number of aromatic nitrogens is 3. The molecule has 2 aromatic heterocycles. The van der Waals surface area contributed by atoms with Crippen LogP contribution in [0.25, 0.3) is 21.5 Å². The molecular weight excluding hydrogens is 376 g/mol. The molecule has 2 aromatic carbocycles. The van der Waals surface area contributed by atoms with E-state index < -0.39 is 0 Å². The van der Waals surface area contributed by atoms with Crippen molar-refractivity contribution in [2.75, 3.05) is 12.4 Å². The van der Waals surface area contributed by atoms with Crippen LogP contribution in [-0.2, 0) is 13.7 Å². The van der Waals surface area contributed by atoms with Gasteiger partial charge in [0.15, 0.2) is 10.8 Å². The summed E-state index contributed by atoms with van der Waals surface area (Å²) in [6.45, 7) is 0.306. The topological polar surface area (TPSA) is 78.3 Å². The Balaban J connectivity index is 1.49. The summed E-state index contributed by atoms with van der Waals surface area (Å²) in [6.07, 6.45) is 0. The average molecular weight is 392 g/mol. The number of fused-ring (bicyclic) bond motifs is 4. The van der Waals surface area contributed by atoms with Crippen LogP contribution in [0.2, 0.25) is 0 Å². The summed E-state index contributed by atoms with van der Waals surface area (Å²) >= 11 is 1.39. The highest BCUT2D eigenvalue weighted by Gasteiger charge is 2.28. The van der Waals surface area contributed by atoms with Crippen molar-refractivity contribution in [1.82, 2.24) is 14.8 Å². The zero-order chi connectivity index (χ0) is 19.3. The molecular formula is C20H16N4O3S. The predicted molar refractivity (Wildman–Crippen MR) is 107 cm³/mol. The molecule has 0 atom stereocenters. The summed E-state index contributed by atoms with van der Waals surface area (Å²) in [5, 5.41) is 7.84. The molecule has 0 radical (unpaired) electrons. The Morgan fingerprint density at radius 3 is 3.00 bits per heavy atom. The van der Waals surface area contributed by atoms with Crippen molar-refractivity contribution < 1.29 is 14.3 Å². The Morgan fingerprint density at radius 1 is 1.29 bits per heavy atom. The molecule has 0 bridgehead atoms. The molecule has 0 fully saturated rings.